The standard InChI is InChI=1S/C39H52N4O6/c1-27(2)24-32(35(46)41-31(34(40)45)25-29-18-11-7-12-19-29)42-36(47)39(26-30-20-13-8-14-21-30,43-37(48)49-38(3,4)5)33(44)23-15-22-28-16-9-6-10-17-28/h6-14,16-21,27,31-33,44H,15,22-26H2,1-5H3,(H2,40,45)(H,41,46)(H,42,47)(H,43,48)/t31-,32-,33-,39-/m0/s1. The number of hydrogen-bond acceptors (Lipinski definition) is 6. The highest BCUT2D eigenvalue weighted by Gasteiger charge is 2.48. The number of primary amides is 1. The Morgan fingerprint density at radius 3 is 1.82 bits per heavy atom. The highest BCUT2D eigenvalue weighted by atomic mass is 16.6. The van der Waals surface area contributed by atoms with Crippen LogP contribution in [0.25, 0.3) is 0 Å². The van der Waals surface area contributed by atoms with Crippen molar-refractivity contribution in [3.63, 3.8) is 0 Å². The Hall–Kier alpha value is -4.70. The van der Waals surface area contributed by atoms with E-state index in [0.717, 1.165) is 11.1 Å². The Bertz CT molecular complexity index is 1490. The van der Waals surface area contributed by atoms with Crippen LogP contribution in [0, 0.1) is 5.92 Å². The Morgan fingerprint density at radius 2 is 1.31 bits per heavy atom. The van der Waals surface area contributed by atoms with Gasteiger partial charge in [0.05, 0.1) is 6.10 Å². The van der Waals surface area contributed by atoms with Crippen LogP contribution in [0.2, 0.25) is 0 Å². The van der Waals surface area contributed by atoms with Gasteiger partial charge in [-0.15, -0.1) is 0 Å². The topological polar surface area (TPSA) is 160 Å². The molecule has 3 aromatic carbocycles. The Labute approximate surface area is 290 Å². The average molecular weight is 673 g/mol. The number of rotatable bonds is 17. The van der Waals surface area contributed by atoms with Gasteiger partial charge in [-0.25, -0.2) is 4.79 Å². The zero-order chi connectivity index (χ0) is 36.0. The van der Waals surface area contributed by atoms with Crippen molar-refractivity contribution in [2.24, 2.45) is 11.7 Å². The van der Waals surface area contributed by atoms with E-state index in [2.05, 4.69) is 16.0 Å². The van der Waals surface area contributed by atoms with Gasteiger partial charge in [0.15, 0.2) is 5.54 Å². The molecule has 0 saturated carbocycles. The predicted octanol–water partition coefficient (Wildman–Crippen LogP) is 4.62. The summed E-state index contributed by atoms with van der Waals surface area (Å²) in [6.07, 6.45) is -0.644. The molecule has 0 fully saturated rings. The zero-order valence-corrected chi connectivity index (χ0v) is 29.3. The van der Waals surface area contributed by atoms with Crippen LogP contribution in [0.15, 0.2) is 91.0 Å². The van der Waals surface area contributed by atoms with Crippen molar-refractivity contribution in [2.45, 2.75) is 102 Å². The van der Waals surface area contributed by atoms with Gasteiger partial charge in [0.2, 0.25) is 17.7 Å². The molecule has 10 nitrogen and oxygen atoms in total. The lowest BCUT2D eigenvalue weighted by molar-refractivity contribution is -0.137. The minimum absolute atomic E-state index is 0.0460. The molecule has 3 rings (SSSR count). The molecule has 4 atom stereocenters. The van der Waals surface area contributed by atoms with Crippen molar-refractivity contribution < 1.29 is 29.0 Å². The van der Waals surface area contributed by atoms with Gasteiger partial charge >= 0.3 is 6.09 Å². The maximum absolute atomic E-state index is 14.6. The lowest BCUT2D eigenvalue weighted by Crippen LogP contribution is -2.69. The average Bonchev–Trinajstić information content (AvgIpc) is 3.04. The molecule has 0 spiro atoms. The molecular weight excluding hydrogens is 620 g/mol. The monoisotopic (exact) mass is 672 g/mol. The molecule has 0 radical (unpaired) electrons. The fraction of sp³-hybridized carbons (Fsp3) is 0.436. The van der Waals surface area contributed by atoms with Crippen molar-refractivity contribution in [3.8, 4) is 0 Å². The summed E-state index contributed by atoms with van der Waals surface area (Å²) in [6.45, 7) is 8.91. The molecule has 0 aromatic heterocycles. The van der Waals surface area contributed by atoms with Crippen molar-refractivity contribution in [2.75, 3.05) is 0 Å². The van der Waals surface area contributed by atoms with Crippen LogP contribution in [0.1, 0.15) is 70.6 Å². The number of nitrogens with two attached hydrogens (primary N) is 1. The van der Waals surface area contributed by atoms with Gasteiger partial charge in [0.1, 0.15) is 17.7 Å². The van der Waals surface area contributed by atoms with E-state index >= 15 is 0 Å². The number of amides is 4. The predicted molar refractivity (Wildman–Crippen MR) is 190 cm³/mol. The minimum atomic E-state index is -1.93. The van der Waals surface area contributed by atoms with Crippen LogP contribution in [0.3, 0.4) is 0 Å². The number of benzene rings is 3. The quantitative estimate of drug-likeness (QED) is 0.141. The first kappa shape index (κ1) is 38.7. The number of nitrogens with one attached hydrogen (secondary N) is 3. The van der Waals surface area contributed by atoms with E-state index in [1.54, 1.807) is 45.0 Å². The third-order valence-electron chi connectivity index (χ3n) is 8.08. The molecule has 0 aliphatic rings. The summed E-state index contributed by atoms with van der Waals surface area (Å²) in [6, 6.07) is 25.8. The van der Waals surface area contributed by atoms with Gasteiger partial charge in [0.25, 0.3) is 0 Å². The molecule has 10 heteroatoms. The second-order valence-electron chi connectivity index (χ2n) is 14.0. The van der Waals surface area contributed by atoms with Crippen LogP contribution < -0.4 is 21.7 Å². The SMILES string of the molecule is CC(C)C[C@H](NC(=O)[C@@](Cc1ccccc1)(NC(=O)OC(C)(C)C)[C@@H](O)CCCc1ccccc1)C(=O)N[C@@H](Cc1ccccc1)C(N)=O. The van der Waals surface area contributed by atoms with E-state index in [4.69, 9.17) is 10.5 Å². The highest BCUT2D eigenvalue weighted by molar-refractivity contribution is 5.96. The minimum Gasteiger partial charge on any atom is -0.444 e. The molecule has 4 amide bonds. The van der Waals surface area contributed by atoms with Gasteiger partial charge in [0, 0.05) is 12.8 Å². The molecule has 3 aromatic rings. The number of carbonyl (C=O) groups is 4. The number of aliphatic hydroxyl groups is 1. The first-order valence-electron chi connectivity index (χ1n) is 16.9. The second-order valence-corrected chi connectivity index (χ2v) is 14.0. The number of hydrogen-bond donors (Lipinski definition) is 5. The highest BCUT2D eigenvalue weighted by Crippen LogP contribution is 2.25. The molecule has 0 saturated heterocycles. The van der Waals surface area contributed by atoms with Crippen molar-refractivity contribution in [1.29, 1.82) is 0 Å². The molecule has 6 N–H and O–H groups in total. The summed E-state index contributed by atoms with van der Waals surface area (Å²) in [4.78, 5) is 54.3. The third-order valence-corrected chi connectivity index (χ3v) is 8.08. The summed E-state index contributed by atoms with van der Waals surface area (Å²) >= 11 is 0. The van der Waals surface area contributed by atoms with E-state index in [1.807, 2.05) is 80.6 Å². The Morgan fingerprint density at radius 1 is 0.776 bits per heavy atom. The number of alkyl carbamates (subject to hydrolysis) is 1. The summed E-state index contributed by atoms with van der Waals surface area (Å²) in [7, 11) is 0. The molecule has 0 bridgehead atoms. The number of aliphatic hydroxyl groups excluding tert-OH is 1. The maximum Gasteiger partial charge on any atom is 0.408 e. The third kappa shape index (κ3) is 12.7. The van der Waals surface area contributed by atoms with Gasteiger partial charge in [-0.3, -0.25) is 14.4 Å². The van der Waals surface area contributed by atoms with E-state index in [-0.39, 0.29) is 31.6 Å². The largest absolute Gasteiger partial charge is 0.444 e. The molecular formula is C39H52N4O6. The van der Waals surface area contributed by atoms with Gasteiger partial charge in [-0.05, 0) is 69.1 Å². The number of ether oxygens (including phenoxy) is 1. The van der Waals surface area contributed by atoms with Crippen molar-refractivity contribution >= 4 is 23.8 Å². The van der Waals surface area contributed by atoms with Crippen LogP contribution in [0.4, 0.5) is 4.79 Å². The molecule has 0 unspecified atom stereocenters. The van der Waals surface area contributed by atoms with Crippen molar-refractivity contribution in [3.05, 3.63) is 108 Å². The van der Waals surface area contributed by atoms with E-state index in [0.29, 0.717) is 18.4 Å². The molecule has 0 heterocycles. The van der Waals surface area contributed by atoms with Crippen molar-refractivity contribution in [1.82, 2.24) is 16.0 Å². The van der Waals surface area contributed by atoms with E-state index in [9.17, 15) is 24.3 Å². The van der Waals surface area contributed by atoms with Crippen LogP contribution >= 0.6 is 0 Å². The van der Waals surface area contributed by atoms with Crippen LogP contribution in [0.5, 0.6) is 0 Å². The summed E-state index contributed by atoms with van der Waals surface area (Å²) in [5.41, 5.74) is 5.42. The molecule has 0 aliphatic carbocycles. The first-order valence-corrected chi connectivity index (χ1v) is 16.9. The lowest BCUT2D eigenvalue weighted by Gasteiger charge is -2.39. The molecule has 0 aliphatic heterocycles. The first-order chi connectivity index (χ1) is 23.2. The smallest absolute Gasteiger partial charge is 0.408 e. The fourth-order valence-corrected chi connectivity index (χ4v) is 5.66. The summed E-state index contributed by atoms with van der Waals surface area (Å²) in [5.74, 6) is -2.12. The van der Waals surface area contributed by atoms with E-state index in [1.165, 1.54) is 0 Å². The lowest BCUT2D eigenvalue weighted by atomic mass is 9.81. The maximum atomic E-state index is 14.6. The summed E-state index contributed by atoms with van der Waals surface area (Å²) in [5, 5.41) is 20.3. The van der Waals surface area contributed by atoms with Gasteiger partial charge < -0.3 is 31.5 Å². The normalized spacial score (nSPS) is 14.5. The zero-order valence-electron chi connectivity index (χ0n) is 29.3. The van der Waals surface area contributed by atoms with Crippen LogP contribution in [-0.4, -0.2) is 58.2 Å². The Kier molecular flexibility index (Phi) is 14.4. The molecule has 49 heavy (non-hydrogen) atoms. The van der Waals surface area contributed by atoms with Gasteiger partial charge in [-0.1, -0.05) is 105 Å². The van der Waals surface area contributed by atoms with Crippen LogP contribution in [-0.2, 0) is 38.4 Å². The second kappa shape index (κ2) is 18.2. The van der Waals surface area contributed by atoms with Gasteiger partial charge in [-0.2, -0.15) is 0 Å². The summed E-state index contributed by atoms with van der Waals surface area (Å²) < 4.78 is 5.59. The molecule has 264 valence electrons. The van der Waals surface area contributed by atoms with E-state index < -0.39 is 53.1 Å². The number of aryl methyl sites for hydroxylation is 1. The fourth-order valence-electron chi connectivity index (χ4n) is 5.66. The Balaban J connectivity index is 1.98. The number of carbonyl (C=O) groups excluding carboxylic acids is 4.